The molecule has 100 valence electrons. The summed E-state index contributed by atoms with van der Waals surface area (Å²) in [6.07, 6.45) is -2.91. The van der Waals surface area contributed by atoms with E-state index in [1.165, 1.54) is 11.0 Å². The predicted octanol–water partition coefficient (Wildman–Crippen LogP) is 3.70. The Morgan fingerprint density at radius 1 is 1.33 bits per heavy atom. The molecule has 2 nitrogen and oxygen atoms in total. The van der Waals surface area contributed by atoms with Crippen LogP contribution in [0.1, 0.15) is 12.8 Å². The van der Waals surface area contributed by atoms with E-state index in [4.69, 9.17) is 5.73 Å². The normalized spacial score (nSPS) is 15.8. The molecule has 0 bridgehead atoms. The average molecular weight is 327 g/mol. The number of alkyl halides is 3. The van der Waals surface area contributed by atoms with Crippen molar-refractivity contribution < 1.29 is 17.6 Å². The Bertz CT molecular complexity index is 457. The highest BCUT2D eigenvalue weighted by molar-refractivity contribution is 9.10. The minimum atomic E-state index is -4.31. The van der Waals surface area contributed by atoms with Gasteiger partial charge in [0.25, 0.3) is 0 Å². The van der Waals surface area contributed by atoms with E-state index in [9.17, 15) is 17.6 Å². The van der Waals surface area contributed by atoms with Crippen LogP contribution in [0.15, 0.2) is 16.6 Å². The molecule has 18 heavy (non-hydrogen) atoms. The number of benzene rings is 1. The van der Waals surface area contributed by atoms with E-state index in [-0.39, 0.29) is 21.9 Å². The summed E-state index contributed by atoms with van der Waals surface area (Å²) >= 11 is 2.96. The van der Waals surface area contributed by atoms with Crippen molar-refractivity contribution in [2.75, 3.05) is 17.2 Å². The molecular weight excluding hydrogens is 316 g/mol. The van der Waals surface area contributed by atoms with Gasteiger partial charge in [-0.1, -0.05) is 0 Å². The molecule has 0 saturated heterocycles. The molecule has 0 spiro atoms. The largest absolute Gasteiger partial charge is 0.405 e. The fourth-order valence-corrected chi connectivity index (χ4v) is 2.12. The first-order valence-corrected chi connectivity index (χ1v) is 6.15. The van der Waals surface area contributed by atoms with Crippen LogP contribution >= 0.6 is 15.9 Å². The third-order valence-corrected chi connectivity index (χ3v) is 3.32. The summed E-state index contributed by atoms with van der Waals surface area (Å²) < 4.78 is 50.9. The summed E-state index contributed by atoms with van der Waals surface area (Å²) in [6, 6.07) is 2.17. The lowest BCUT2D eigenvalue weighted by Crippen LogP contribution is -2.36. The van der Waals surface area contributed by atoms with Crippen LogP contribution in [0.3, 0.4) is 0 Å². The fourth-order valence-electron chi connectivity index (χ4n) is 1.79. The molecule has 1 aliphatic rings. The molecule has 1 aliphatic carbocycles. The van der Waals surface area contributed by atoms with Crippen molar-refractivity contribution in [2.45, 2.75) is 25.1 Å². The quantitative estimate of drug-likeness (QED) is 0.677. The van der Waals surface area contributed by atoms with Gasteiger partial charge in [-0.05, 0) is 34.8 Å². The molecule has 0 amide bonds. The lowest BCUT2D eigenvalue weighted by molar-refractivity contribution is -0.119. The van der Waals surface area contributed by atoms with Gasteiger partial charge in [0.2, 0.25) is 0 Å². The van der Waals surface area contributed by atoms with Crippen molar-refractivity contribution >= 4 is 27.3 Å². The van der Waals surface area contributed by atoms with Crippen LogP contribution in [-0.2, 0) is 0 Å². The second kappa shape index (κ2) is 4.60. The molecule has 0 unspecified atom stereocenters. The lowest BCUT2D eigenvalue weighted by Gasteiger charge is -2.27. The highest BCUT2D eigenvalue weighted by Crippen LogP contribution is 2.38. The van der Waals surface area contributed by atoms with Gasteiger partial charge in [-0.25, -0.2) is 4.39 Å². The number of nitrogen functional groups attached to an aromatic ring is 1. The molecule has 0 atom stereocenters. The van der Waals surface area contributed by atoms with E-state index in [0.717, 1.165) is 6.07 Å². The molecule has 0 heterocycles. The molecule has 7 heteroatoms. The number of hydrogen-bond donors (Lipinski definition) is 1. The zero-order valence-corrected chi connectivity index (χ0v) is 10.9. The first kappa shape index (κ1) is 13.5. The Morgan fingerprint density at radius 2 is 1.94 bits per heavy atom. The minimum absolute atomic E-state index is 0.0202. The van der Waals surface area contributed by atoms with Gasteiger partial charge in [-0.2, -0.15) is 13.2 Å². The van der Waals surface area contributed by atoms with Gasteiger partial charge in [-0.15, -0.1) is 0 Å². The molecule has 1 aromatic carbocycles. The Hall–Kier alpha value is -0.980. The zero-order valence-electron chi connectivity index (χ0n) is 9.27. The van der Waals surface area contributed by atoms with Crippen LogP contribution < -0.4 is 10.6 Å². The number of anilines is 2. The number of nitrogens with zero attached hydrogens (tertiary/aromatic N) is 1. The fraction of sp³-hybridized carbons (Fsp3) is 0.455. The van der Waals surface area contributed by atoms with Crippen molar-refractivity contribution in [2.24, 2.45) is 0 Å². The van der Waals surface area contributed by atoms with E-state index in [1.807, 2.05) is 0 Å². The van der Waals surface area contributed by atoms with E-state index in [2.05, 4.69) is 15.9 Å². The summed E-state index contributed by atoms with van der Waals surface area (Å²) in [5.74, 6) is -0.584. The number of hydrogen-bond acceptors (Lipinski definition) is 2. The summed E-state index contributed by atoms with van der Waals surface area (Å²) in [7, 11) is 0. The van der Waals surface area contributed by atoms with Crippen molar-refractivity contribution in [3.05, 3.63) is 22.4 Å². The van der Waals surface area contributed by atoms with Gasteiger partial charge in [0.05, 0.1) is 15.8 Å². The Morgan fingerprint density at radius 3 is 2.44 bits per heavy atom. The summed E-state index contributed by atoms with van der Waals surface area (Å²) in [5, 5.41) is 0. The van der Waals surface area contributed by atoms with Crippen LogP contribution in [0.2, 0.25) is 0 Å². The highest BCUT2D eigenvalue weighted by Gasteiger charge is 2.39. The number of rotatable bonds is 3. The third-order valence-electron chi connectivity index (χ3n) is 2.72. The van der Waals surface area contributed by atoms with Crippen LogP contribution in [-0.4, -0.2) is 18.8 Å². The van der Waals surface area contributed by atoms with E-state index in [0.29, 0.717) is 12.8 Å². The number of halogens is 5. The van der Waals surface area contributed by atoms with Gasteiger partial charge < -0.3 is 10.6 Å². The standard InChI is InChI=1S/C11H11BrF4N2/c12-7-3-10(9(17)4-8(7)13)18(6-1-2-6)5-11(14,15)16/h3-4,6H,1-2,5,17H2. The molecule has 0 aromatic heterocycles. The third kappa shape index (κ3) is 3.07. The van der Waals surface area contributed by atoms with Crippen LogP contribution in [0, 0.1) is 5.82 Å². The summed E-state index contributed by atoms with van der Waals surface area (Å²) in [6.45, 7) is -1.07. The Balaban J connectivity index is 2.34. The average Bonchev–Trinajstić information content (AvgIpc) is 3.02. The minimum Gasteiger partial charge on any atom is -0.397 e. The number of nitrogens with two attached hydrogens (primary N) is 1. The van der Waals surface area contributed by atoms with Crippen LogP contribution in [0.4, 0.5) is 28.9 Å². The zero-order chi connectivity index (χ0) is 13.5. The van der Waals surface area contributed by atoms with Gasteiger partial charge in [0.15, 0.2) is 0 Å². The first-order valence-electron chi connectivity index (χ1n) is 5.36. The molecule has 0 aliphatic heterocycles. The molecular formula is C11H11BrF4N2. The van der Waals surface area contributed by atoms with E-state index in [1.54, 1.807) is 0 Å². The van der Waals surface area contributed by atoms with E-state index < -0.39 is 18.5 Å². The summed E-state index contributed by atoms with van der Waals surface area (Å²) in [4.78, 5) is 1.19. The topological polar surface area (TPSA) is 29.3 Å². The molecule has 1 saturated carbocycles. The lowest BCUT2D eigenvalue weighted by atomic mass is 10.2. The van der Waals surface area contributed by atoms with Crippen molar-refractivity contribution in [3.8, 4) is 0 Å². The predicted molar refractivity (Wildman–Crippen MR) is 64.9 cm³/mol. The monoisotopic (exact) mass is 326 g/mol. The SMILES string of the molecule is Nc1cc(F)c(Br)cc1N(CC(F)(F)F)C1CC1. The molecule has 0 radical (unpaired) electrons. The first-order chi connectivity index (χ1) is 8.28. The van der Waals surface area contributed by atoms with Gasteiger partial charge in [-0.3, -0.25) is 0 Å². The maximum Gasteiger partial charge on any atom is 0.405 e. The van der Waals surface area contributed by atoms with Gasteiger partial charge in [0.1, 0.15) is 12.4 Å². The molecule has 1 fully saturated rings. The molecule has 2 N–H and O–H groups in total. The van der Waals surface area contributed by atoms with Crippen molar-refractivity contribution in [1.82, 2.24) is 0 Å². The van der Waals surface area contributed by atoms with Crippen molar-refractivity contribution in [3.63, 3.8) is 0 Å². The van der Waals surface area contributed by atoms with Gasteiger partial charge >= 0.3 is 6.18 Å². The molecule has 2 rings (SSSR count). The Labute approximate surface area is 110 Å². The smallest absolute Gasteiger partial charge is 0.397 e. The van der Waals surface area contributed by atoms with E-state index >= 15 is 0 Å². The maximum atomic E-state index is 13.2. The van der Waals surface area contributed by atoms with Crippen LogP contribution in [0.5, 0.6) is 0 Å². The van der Waals surface area contributed by atoms with Crippen LogP contribution in [0.25, 0.3) is 0 Å². The van der Waals surface area contributed by atoms with Gasteiger partial charge in [0, 0.05) is 12.1 Å². The maximum absolute atomic E-state index is 13.2. The highest BCUT2D eigenvalue weighted by atomic mass is 79.9. The second-order valence-electron chi connectivity index (χ2n) is 4.30. The second-order valence-corrected chi connectivity index (χ2v) is 5.15. The molecule has 1 aromatic rings. The summed E-state index contributed by atoms with van der Waals surface area (Å²) in [5.41, 5.74) is 5.85. The Kier molecular flexibility index (Phi) is 3.44. The van der Waals surface area contributed by atoms with Crippen molar-refractivity contribution in [1.29, 1.82) is 0 Å².